The van der Waals surface area contributed by atoms with E-state index in [2.05, 4.69) is 39.4 Å². The highest BCUT2D eigenvalue weighted by atomic mass is 16.4. The summed E-state index contributed by atoms with van der Waals surface area (Å²) in [6.45, 7) is 8.58. The van der Waals surface area contributed by atoms with Crippen molar-refractivity contribution < 1.29 is 9.90 Å². The van der Waals surface area contributed by atoms with E-state index in [1.165, 1.54) is 0 Å². The molecule has 8 nitrogen and oxygen atoms in total. The number of carbonyl (C=O) groups is 1. The van der Waals surface area contributed by atoms with Crippen LogP contribution in [0.3, 0.4) is 0 Å². The van der Waals surface area contributed by atoms with Crippen molar-refractivity contribution in [2.45, 2.75) is 33.6 Å². The monoisotopic (exact) mass is 382 g/mol. The van der Waals surface area contributed by atoms with Crippen LogP contribution in [0.15, 0.2) is 30.3 Å². The number of para-hydroxylation sites is 1. The average molecular weight is 382 g/mol. The number of hydrogen-bond donors (Lipinski definition) is 2. The molecule has 0 unspecified atom stereocenters. The zero-order valence-electron chi connectivity index (χ0n) is 16.5. The van der Waals surface area contributed by atoms with E-state index in [9.17, 15) is 9.90 Å². The molecule has 0 saturated heterocycles. The van der Waals surface area contributed by atoms with Gasteiger partial charge in [-0.15, -0.1) is 5.10 Å². The van der Waals surface area contributed by atoms with Crippen LogP contribution in [0.25, 0.3) is 16.7 Å². The van der Waals surface area contributed by atoms with Gasteiger partial charge >= 0.3 is 5.97 Å². The molecule has 2 N–H and O–H groups in total. The molecule has 0 bridgehead atoms. The summed E-state index contributed by atoms with van der Waals surface area (Å²) in [5.74, 6) is -0.489. The summed E-state index contributed by atoms with van der Waals surface area (Å²) in [4.78, 5) is 18.7. The minimum atomic E-state index is -1.04. The SMILES string of the molecule is CCCN(CCC)CNc1nc(C)c(C(=O)O)c2c1nnn2-c1ccccc1. The Morgan fingerprint density at radius 2 is 1.86 bits per heavy atom. The van der Waals surface area contributed by atoms with Crippen LogP contribution in [-0.4, -0.2) is 55.7 Å². The number of aromatic carboxylic acids is 1. The molecule has 3 rings (SSSR count). The normalized spacial score (nSPS) is 11.3. The van der Waals surface area contributed by atoms with Gasteiger partial charge in [-0.2, -0.15) is 0 Å². The predicted molar refractivity (Wildman–Crippen MR) is 109 cm³/mol. The first-order valence-corrected chi connectivity index (χ1v) is 9.57. The standard InChI is InChI=1S/C20H26N6O2/c1-4-11-25(12-5-2)13-21-19-17-18(16(20(27)28)14(3)22-19)26(24-23-17)15-9-7-6-8-10-15/h6-10H,4-5,11-13H2,1-3H3,(H,21,22)(H,27,28). The average Bonchev–Trinajstić information content (AvgIpc) is 3.11. The molecule has 28 heavy (non-hydrogen) atoms. The number of anilines is 1. The van der Waals surface area contributed by atoms with E-state index in [1.54, 1.807) is 11.6 Å². The molecule has 0 saturated carbocycles. The minimum Gasteiger partial charge on any atom is -0.478 e. The second-order valence-electron chi connectivity index (χ2n) is 6.71. The smallest absolute Gasteiger partial charge is 0.339 e. The zero-order chi connectivity index (χ0) is 20.1. The van der Waals surface area contributed by atoms with Gasteiger partial charge in [-0.3, -0.25) is 4.90 Å². The Morgan fingerprint density at radius 1 is 1.18 bits per heavy atom. The van der Waals surface area contributed by atoms with Gasteiger partial charge in [-0.25, -0.2) is 14.5 Å². The molecule has 0 fully saturated rings. The molecule has 0 spiro atoms. The van der Waals surface area contributed by atoms with Gasteiger partial charge in [0.1, 0.15) is 11.1 Å². The van der Waals surface area contributed by atoms with Crippen LogP contribution in [0.4, 0.5) is 5.82 Å². The molecule has 0 aliphatic carbocycles. The molecule has 0 atom stereocenters. The number of aromatic nitrogens is 4. The van der Waals surface area contributed by atoms with E-state index >= 15 is 0 Å². The Hall–Kier alpha value is -3.00. The van der Waals surface area contributed by atoms with E-state index < -0.39 is 5.97 Å². The van der Waals surface area contributed by atoms with Gasteiger partial charge in [0.15, 0.2) is 11.3 Å². The Bertz CT molecular complexity index is 948. The number of hydrogen-bond acceptors (Lipinski definition) is 6. The van der Waals surface area contributed by atoms with Gasteiger partial charge in [0.25, 0.3) is 0 Å². The number of pyridine rings is 1. The number of fused-ring (bicyclic) bond motifs is 1. The van der Waals surface area contributed by atoms with Gasteiger partial charge < -0.3 is 10.4 Å². The molecule has 2 aromatic heterocycles. The largest absolute Gasteiger partial charge is 0.478 e. The summed E-state index contributed by atoms with van der Waals surface area (Å²) in [6, 6.07) is 9.39. The lowest BCUT2D eigenvalue weighted by atomic mass is 10.1. The van der Waals surface area contributed by atoms with Gasteiger partial charge in [-0.05, 0) is 45.0 Å². The second kappa shape index (κ2) is 8.79. The third-order valence-electron chi connectivity index (χ3n) is 4.54. The first-order valence-electron chi connectivity index (χ1n) is 9.57. The van der Waals surface area contributed by atoms with Crippen molar-refractivity contribution in [1.82, 2.24) is 24.9 Å². The maximum absolute atomic E-state index is 11.9. The summed E-state index contributed by atoms with van der Waals surface area (Å²) in [5, 5.41) is 21.6. The van der Waals surface area contributed by atoms with Gasteiger partial charge in [-0.1, -0.05) is 37.3 Å². The molecule has 0 radical (unpaired) electrons. The molecule has 3 aromatic rings. The van der Waals surface area contributed by atoms with E-state index in [1.807, 2.05) is 30.3 Å². The van der Waals surface area contributed by atoms with Crippen LogP contribution in [0.5, 0.6) is 0 Å². The summed E-state index contributed by atoms with van der Waals surface area (Å²) in [6.07, 6.45) is 2.12. The van der Waals surface area contributed by atoms with Crippen molar-refractivity contribution in [3.05, 3.63) is 41.6 Å². The number of carboxylic acid groups (broad SMARTS) is 1. The highest BCUT2D eigenvalue weighted by Crippen LogP contribution is 2.27. The quantitative estimate of drug-likeness (QED) is 0.548. The van der Waals surface area contributed by atoms with Crippen LogP contribution < -0.4 is 5.32 Å². The Morgan fingerprint density at radius 3 is 2.46 bits per heavy atom. The van der Waals surface area contributed by atoms with Crippen LogP contribution in [-0.2, 0) is 0 Å². The third-order valence-corrected chi connectivity index (χ3v) is 4.54. The lowest BCUT2D eigenvalue weighted by Gasteiger charge is -2.22. The lowest BCUT2D eigenvalue weighted by molar-refractivity contribution is 0.0697. The first-order chi connectivity index (χ1) is 13.6. The number of rotatable bonds is 9. The van der Waals surface area contributed by atoms with Gasteiger partial charge in [0.05, 0.1) is 18.1 Å². The molecule has 0 aliphatic heterocycles. The van der Waals surface area contributed by atoms with E-state index in [-0.39, 0.29) is 5.56 Å². The maximum Gasteiger partial charge on any atom is 0.339 e. The van der Waals surface area contributed by atoms with Crippen molar-refractivity contribution in [1.29, 1.82) is 0 Å². The molecule has 148 valence electrons. The molecule has 2 heterocycles. The predicted octanol–water partition coefficient (Wildman–Crippen LogP) is 3.31. The molecular formula is C20H26N6O2. The van der Waals surface area contributed by atoms with Gasteiger partial charge in [0, 0.05) is 0 Å². The fraction of sp³-hybridized carbons (Fsp3) is 0.400. The number of nitrogens with one attached hydrogen (secondary N) is 1. The number of nitrogens with zero attached hydrogens (tertiary/aromatic N) is 5. The highest BCUT2D eigenvalue weighted by Gasteiger charge is 2.23. The molecular weight excluding hydrogens is 356 g/mol. The number of carboxylic acids is 1. The first kappa shape index (κ1) is 19.8. The molecule has 0 amide bonds. The Kier molecular flexibility index (Phi) is 6.20. The van der Waals surface area contributed by atoms with Crippen molar-refractivity contribution in [2.24, 2.45) is 0 Å². The maximum atomic E-state index is 11.9. The fourth-order valence-electron chi connectivity index (χ4n) is 3.33. The molecule has 1 aromatic carbocycles. The Balaban J connectivity index is 2.07. The third kappa shape index (κ3) is 3.96. The van der Waals surface area contributed by atoms with E-state index in [4.69, 9.17) is 0 Å². The summed E-state index contributed by atoms with van der Waals surface area (Å²) >= 11 is 0. The zero-order valence-corrected chi connectivity index (χ0v) is 16.5. The fourth-order valence-corrected chi connectivity index (χ4v) is 3.33. The van der Waals surface area contributed by atoms with Crippen LogP contribution in [0.1, 0.15) is 42.7 Å². The molecule has 8 heteroatoms. The van der Waals surface area contributed by atoms with Gasteiger partial charge in [0.2, 0.25) is 0 Å². The van der Waals surface area contributed by atoms with Crippen molar-refractivity contribution >= 4 is 22.8 Å². The Labute approximate surface area is 164 Å². The number of aryl methyl sites for hydroxylation is 1. The van der Waals surface area contributed by atoms with Crippen LogP contribution >= 0.6 is 0 Å². The van der Waals surface area contributed by atoms with E-state index in [0.29, 0.717) is 29.2 Å². The summed E-state index contributed by atoms with van der Waals surface area (Å²) in [5.41, 5.74) is 2.21. The van der Waals surface area contributed by atoms with Crippen molar-refractivity contribution in [3.8, 4) is 5.69 Å². The molecule has 0 aliphatic rings. The second-order valence-corrected chi connectivity index (χ2v) is 6.71. The lowest BCUT2D eigenvalue weighted by Crippen LogP contribution is -2.31. The summed E-state index contributed by atoms with van der Waals surface area (Å²) in [7, 11) is 0. The van der Waals surface area contributed by atoms with Crippen molar-refractivity contribution in [2.75, 3.05) is 25.1 Å². The van der Waals surface area contributed by atoms with E-state index in [0.717, 1.165) is 31.6 Å². The van der Waals surface area contributed by atoms with Crippen LogP contribution in [0, 0.1) is 6.92 Å². The van der Waals surface area contributed by atoms with Crippen LogP contribution in [0.2, 0.25) is 0 Å². The van der Waals surface area contributed by atoms with Crippen molar-refractivity contribution in [3.63, 3.8) is 0 Å². The highest BCUT2D eigenvalue weighted by molar-refractivity contribution is 6.05. The number of benzene rings is 1. The topological polar surface area (TPSA) is 96.2 Å². The minimum absolute atomic E-state index is 0.119. The summed E-state index contributed by atoms with van der Waals surface area (Å²) < 4.78 is 1.56.